The van der Waals surface area contributed by atoms with Crippen LogP contribution in [0.5, 0.6) is 5.75 Å². The summed E-state index contributed by atoms with van der Waals surface area (Å²) in [7, 11) is 0. The lowest BCUT2D eigenvalue weighted by Gasteiger charge is -2.15. The van der Waals surface area contributed by atoms with Crippen LogP contribution in [0.2, 0.25) is 5.02 Å². The standard InChI is InChI=1S/C18H20ClN3O2S/c1-11-8-13(3)17(14(19)9-11)20-18(25)22-21-16(23)10-24-15-7-5-4-6-12(15)2/h4-9H,10H2,1-3H3,(H,21,23)(H2,20,22,25). The van der Waals surface area contributed by atoms with Crippen molar-refractivity contribution in [2.24, 2.45) is 0 Å². The van der Waals surface area contributed by atoms with Crippen LogP contribution < -0.4 is 20.9 Å². The Labute approximate surface area is 157 Å². The van der Waals surface area contributed by atoms with Gasteiger partial charge in [-0.15, -0.1) is 0 Å². The summed E-state index contributed by atoms with van der Waals surface area (Å²) in [6.45, 7) is 5.69. The maximum atomic E-state index is 11.9. The van der Waals surface area contributed by atoms with Crippen LogP contribution in [-0.2, 0) is 4.79 Å². The van der Waals surface area contributed by atoms with Crippen LogP contribution >= 0.6 is 23.8 Å². The molecule has 0 atom stereocenters. The molecule has 0 heterocycles. The molecule has 0 aliphatic rings. The SMILES string of the molecule is Cc1cc(C)c(NC(=S)NNC(=O)COc2ccccc2C)c(Cl)c1. The summed E-state index contributed by atoms with van der Waals surface area (Å²) in [4.78, 5) is 11.9. The molecule has 2 aromatic carbocycles. The zero-order valence-corrected chi connectivity index (χ0v) is 15.8. The van der Waals surface area contributed by atoms with Gasteiger partial charge in [-0.2, -0.15) is 0 Å². The van der Waals surface area contributed by atoms with Gasteiger partial charge in [-0.05, 0) is 61.8 Å². The molecule has 0 aliphatic carbocycles. The molecule has 0 unspecified atom stereocenters. The predicted molar refractivity (Wildman–Crippen MR) is 105 cm³/mol. The van der Waals surface area contributed by atoms with Gasteiger partial charge in [-0.1, -0.05) is 35.9 Å². The van der Waals surface area contributed by atoms with E-state index in [9.17, 15) is 4.79 Å². The summed E-state index contributed by atoms with van der Waals surface area (Å²) in [5.41, 5.74) is 8.81. The zero-order valence-electron chi connectivity index (χ0n) is 14.3. The molecule has 0 radical (unpaired) electrons. The molecule has 0 spiro atoms. The number of halogens is 1. The highest BCUT2D eigenvalue weighted by Gasteiger charge is 2.09. The molecule has 7 heteroatoms. The zero-order chi connectivity index (χ0) is 18.4. The summed E-state index contributed by atoms with van der Waals surface area (Å²) >= 11 is 11.4. The van der Waals surface area contributed by atoms with E-state index in [0.29, 0.717) is 16.5 Å². The van der Waals surface area contributed by atoms with Crippen molar-refractivity contribution < 1.29 is 9.53 Å². The number of carbonyl (C=O) groups excluding carboxylic acids is 1. The first kappa shape index (κ1) is 19.0. The van der Waals surface area contributed by atoms with Crippen LogP contribution in [-0.4, -0.2) is 17.6 Å². The van der Waals surface area contributed by atoms with Crippen molar-refractivity contribution in [3.63, 3.8) is 0 Å². The number of benzene rings is 2. The fourth-order valence-electron chi connectivity index (χ4n) is 2.24. The smallest absolute Gasteiger partial charge is 0.276 e. The number of aryl methyl sites for hydroxylation is 3. The normalized spacial score (nSPS) is 10.1. The first-order valence-electron chi connectivity index (χ1n) is 7.68. The number of carbonyl (C=O) groups is 1. The molecule has 132 valence electrons. The van der Waals surface area contributed by atoms with Crippen molar-refractivity contribution in [1.29, 1.82) is 0 Å². The fraction of sp³-hybridized carbons (Fsp3) is 0.222. The average Bonchev–Trinajstić information content (AvgIpc) is 2.55. The molecule has 0 aromatic heterocycles. The van der Waals surface area contributed by atoms with E-state index in [1.165, 1.54) is 0 Å². The number of rotatable bonds is 4. The van der Waals surface area contributed by atoms with Gasteiger partial charge in [0.2, 0.25) is 0 Å². The second-order valence-electron chi connectivity index (χ2n) is 5.62. The number of anilines is 1. The topological polar surface area (TPSA) is 62.4 Å². The number of para-hydroxylation sites is 1. The van der Waals surface area contributed by atoms with Crippen LogP contribution in [0.4, 0.5) is 5.69 Å². The van der Waals surface area contributed by atoms with Crippen molar-refractivity contribution >= 4 is 40.5 Å². The van der Waals surface area contributed by atoms with Crippen molar-refractivity contribution in [2.75, 3.05) is 11.9 Å². The van der Waals surface area contributed by atoms with Crippen molar-refractivity contribution in [1.82, 2.24) is 10.9 Å². The summed E-state index contributed by atoms with van der Waals surface area (Å²) in [6, 6.07) is 11.3. The number of ether oxygens (including phenoxy) is 1. The van der Waals surface area contributed by atoms with Crippen LogP contribution in [0.1, 0.15) is 16.7 Å². The van der Waals surface area contributed by atoms with Crippen LogP contribution in [0.15, 0.2) is 36.4 Å². The van der Waals surface area contributed by atoms with Gasteiger partial charge in [0.15, 0.2) is 11.7 Å². The first-order chi connectivity index (χ1) is 11.9. The van der Waals surface area contributed by atoms with E-state index in [2.05, 4.69) is 16.2 Å². The van der Waals surface area contributed by atoms with E-state index in [-0.39, 0.29) is 17.6 Å². The van der Waals surface area contributed by atoms with Crippen molar-refractivity contribution in [3.8, 4) is 5.75 Å². The Kier molecular flexibility index (Phi) is 6.61. The van der Waals surface area contributed by atoms with Gasteiger partial charge in [0.05, 0.1) is 10.7 Å². The largest absolute Gasteiger partial charge is 0.483 e. The third-order valence-corrected chi connectivity index (χ3v) is 3.94. The van der Waals surface area contributed by atoms with Crippen LogP contribution in [0, 0.1) is 20.8 Å². The molecular formula is C18H20ClN3O2S. The maximum Gasteiger partial charge on any atom is 0.276 e. The minimum atomic E-state index is -0.348. The molecule has 1 amide bonds. The Bertz CT molecular complexity index is 773. The average molecular weight is 378 g/mol. The van der Waals surface area contributed by atoms with E-state index >= 15 is 0 Å². The van der Waals surface area contributed by atoms with E-state index < -0.39 is 0 Å². The fourth-order valence-corrected chi connectivity index (χ4v) is 2.76. The number of hydrogen-bond donors (Lipinski definition) is 3. The minimum absolute atomic E-state index is 0.120. The van der Waals surface area contributed by atoms with Gasteiger partial charge in [0.25, 0.3) is 5.91 Å². The lowest BCUT2D eigenvalue weighted by Crippen LogP contribution is -2.45. The first-order valence-corrected chi connectivity index (χ1v) is 8.46. The molecule has 5 nitrogen and oxygen atoms in total. The Morgan fingerprint density at radius 3 is 2.52 bits per heavy atom. The lowest BCUT2D eigenvalue weighted by atomic mass is 10.1. The summed E-state index contributed by atoms with van der Waals surface area (Å²) in [5, 5.41) is 3.78. The van der Waals surface area contributed by atoms with Gasteiger partial charge in [0.1, 0.15) is 5.75 Å². The summed E-state index contributed by atoms with van der Waals surface area (Å²) in [5.74, 6) is 0.319. The second-order valence-corrected chi connectivity index (χ2v) is 6.44. The van der Waals surface area contributed by atoms with Gasteiger partial charge >= 0.3 is 0 Å². The third-order valence-electron chi connectivity index (χ3n) is 3.44. The van der Waals surface area contributed by atoms with Gasteiger partial charge < -0.3 is 10.1 Å². The number of thiocarbonyl (C=S) groups is 1. The second kappa shape index (κ2) is 8.69. The number of nitrogens with one attached hydrogen (secondary N) is 3. The highest BCUT2D eigenvalue weighted by molar-refractivity contribution is 7.80. The van der Waals surface area contributed by atoms with Crippen molar-refractivity contribution in [3.05, 3.63) is 58.1 Å². The number of hydrogen-bond acceptors (Lipinski definition) is 3. The van der Waals surface area contributed by atoms with Crippen LogP contribution in [0.25, 0.3) is 0 Å². The summed E-state index contributed by atoms with van der Waals surface area (Å²) < 4.78 is 5.46. The quantitative estimate of drug-likeness (QED) is 0.560. The van der Waals surface area contributed by atoms with E-state index in [1.54, 1.807) is 0 Å². The molecule has 3 N–H and O–H groups in total. The van der Waals surface area contributed by atoms with E-state index in [0.717, 1.165) is 16.7 Å². The number of hydrazine groups is 1. The molecular weight excluding hydrogens is 358 g/mol. The molecule has 2 aromatic rings. The molecule has 25 heavy (non-hydrogen) atoms. The predicted octanol–water partition coefficient (Wildman–Crippen LogP) is 3.66. The van der Waals surface area contributed by atoms with E-state index in [4.69, 9.17) is 28.6 Å². The highest BCUT2D eigenvalue weighted by Crippen LogP contribution is 2.27. The Hall–Kier alpha value is -2.31. The lowest BCUT2D eigenvalue weighted by molar-refractivity contribution is -0.123. The van der Waals surface area contributed by atoms with Crippen molar-refractivity contribution in [2.45, 2.75) is 20.8 Å². The maximum absolute atomic E-state index is 11.9. The van der Waals surface area contributed by atoms with Gasteiger partial charge in [0, 0.05) is 0 Å². The molecule has 0 saturated heterocycles. The Morgan fingerprint density at radius 2 is 1.84 bits per heavy atom. The van der Waals surface area contributed by atoms with E-state index in [1.807, 2.05) is 57.2 Å². The highest BCUT2D eigenvalue weighted by atomic mass is 35.5. The Morgan fingerprint density at radius 1 is 1.12 bits per heavy atom. The molecule has 0 saturated carbocycles. The van der Waals surface area contributed by atoms with Gasteiger partial charge in [-0.3, -0.25) is 15.6 Å². The van der Waals surface area contributed by atoms with Gasteiger partial charge in [-0.25, -0.2) is 0 Å². The molecule has 0 fully saturated rings. The third kappa shape index (κ3) is 5.62. The molecule has 2 rings (SSSR count). The monoisotopic (exact) mass is 377 g/mol. The number of amides is 1. The minimum Gasteiger partial charge on any atom is -0.483 e. The Balaban J connectivity index is 1.82. The molecule has 0 bridgehead atoms. The molecule has 0 aliphatic heterocycles. The summed E-state index contributed by atoms with van der Waals surface area (Å²) in [6.07, 6.45) is 0. The van der Waals surface area contributed by atoms with Crippen LogP contribution in [0.3, 0.4) is 0 Å².